The number of pyridine rings is 1. The molecule has 0 amide bonds. The molecular formula is C27H18BCl2F2N7O2. The van der Waals surface area contributed by atoms with Gasteiger partial charge in [-0.25, -0.2) is 13.5 Å². The van der Waals surface area contributed by atoms with Crippen molar-refractivity contribution in [2.24, 2.45) is 0 Å². The highest BCUT2D eigenvalue weighted by atomic mass is 35.5. The predicted octanol–water partition coefficient (Wildman–Crippen LogP) is 5.06. The molecule has 3 aromatic carbocycles. The molecule has 1 atom stereocenters. The van der Waals surface area contributed by atoms with E-state index in [0.29, 0.717) is 39.2 Å². The number of aromatic nitrogens is 4. The number of nitrogens with one attached hydrogen (secondary N) is 2. The van der Waals surface area contributed by atoms with Crippen LogP contribution in [0, 0.1) is 23.0 Å². The first-order valence-corrected chi connectivity index (χ1v) is 12.7. The first-order chi connectivity index (χ1) is 19.6. The maximum Gasteiger partial charge on any atom is 0.325 e. The summed E-state index contributed by atoms with van der Waals surface area (Å²) >= 11 is 12.6. The molecule has 0 spiro atoms. The Labute approximate surface area is 242 Å². The van der Waals surface area contributed by atoms with Gasteiger partial charge in [0, 0.05) is 23.0 Å². The summed E-state index contributed by atoms with van der Waals surface area (Å²) in [5, 5.41) is 34.2. The molecule has 2 aromatic heterocycles. The number of carboxylic acids is 1. The summed E-state index contributed by atoms with van der Waals surface area (Å²) in [7, 11) is 1.77. The van der Waals surface area contributed by atoms with E-state index in [-0.39, 0.29) is 15.6 Å². The minimum atomic E-state index is -1.14. The van der Waals surface area contributed by atoms with E-state index >= 15 is 0 Å². The Balaban J connectivity index is 1.64. The van der Waals surface area contributed by atoms with Crippen molar-refractivity contribution in [3.05, 3.63) is 105 Å². The quantitative estimate of drug-likeness (QED) is 0.214. The summed E-state index contributed by atoms with van der Waals surface area (Å²) in [4.78, 5) is 15.6. The van der Waals surface area contributed by atoms with Crippen LogP contribution in [0.25, 0.3) is 10.9 Å². The minimum Gasteiger partial charge on any atom is -0.480 e. The molecule has 41 heavy (non-hydrogen) atoms. The van der Waals surface area contributed by atoms with E-state index in [1.807, 2.05) is 0 Å². The number of carbonyl (C=O) groups is 1. The number of anilines is 3. The highest BCUT2D eigenvalue weighted by Gasteiger charge is 2.33. The summed E-state index contributed by atoms with van der Waals surface area (Å²) in [6, 6.07) is 15.2. The number of halogens is 4. The Bertz CT molecular complexity index is 1850. The van der Waals surface area contributed by atoms with Gasteiger partial charge in [0.25, 0.3) is 0 Å². The molecule has 5 aromatic rings. The van der Waals surface area contributed by atoms with Crippen LogP contribution in [0.1, 0.15) is 16.8 Å². The lowest BCUT2D eigenvalue weighted by Crippen LogP contribution is -2.37. The van der Waals surface area contributed by atoms with Crippen LogP contribution in [0.5, 0.6) is 0 Å². The van der Waals surface area contributed by atoms with Crippen molar-refractivity contribution >= 4 is 65.0 Å². The Morgan fingerprint density at radius 2 is 1.83 bits per heavy atom. The third-order valence-electron chi connectivity index (χ3n) is 6.40. The molecule has 0 bridgehead atoms. The number of aliphatic carboxylic acids is 1. The second kappa shape index (κ2) is 11.0. The summed E-state index contributed by atoms with van der Waals surface area (Å²) < 4.78 is 28.7. The summed E-state index contributed by atoms with van der Waals surface area (Å²) in [5.41, 5.74) is 1.67. The van der Waals surface area contributed by atoms with Crippen LogP contribution < -0.4 is 10.6 Å². The number of carboxylic acid groups (broad SMARTS) is 1. The van der Waals surface area contributed by atoms with Crippen molar-refractivity contribution in [2.75, 3.05) is 10.6 Å². The maximum atomic E-state index is 13.8. The van der Waals surface area contributed by atoms with Crippen LogP contribution in [0.3, 0.4) is 0 Å². The number of fused-ring (bicyclic) bond motifs is 1. The average molecular weight is 592 g/mol. The number of nitriles is 1. The largest absolute Gasteiger partial charge is 0.480 e. The third kappa shape index (κ3) is 5.63. The van der Waals surface area contributed by atoms with E-state index in [1.54, 1.807) is 32.1 Å². The van der Waals surface area contributed by atoms with Crippen molar-refractivity contribution in [2.45, 2.75) is 12.0 Å². The summed E-state index contributed by atoms with van der Waals surface area (Å²) in [6.07, 6.45) is 2.85. The van der Waals surface area contributed by atoms with E-state index in [9.17, 15) is 23.9 Å². The van der Waals surface area contributed by atoms with Gasteiger partial charge >= 0.3 is 5.97 Å². The van der Waals surface area contributed by atoms with Crippen molar-refractivity contribution in [1.29, 1.82) is 5.26 Å². The molecule has 9 nitrogen and oxygen atoms in total. The standard InChI is InChI=1S/C27H18BCl2F2N7O2/c28-27(15-1-3-16(31)4-2-15,23-12-39(38-37-23)13-24(40)41)36-18-7-19-25(35-17-5-6-22(32)20(29)8-17)14(10-33)11-34-26(19)21(30)9-18/h1-9,11-12,36H,13,28H2,(H,34,35)(H,40,41). The highest BCUT2D eigenvalue weighted by Crippen LogP contribution is 2.38. The van der Waals surface area contributed by atoms with Crippen molar-refractivity contribution in [1.82, 2.24) is 20.0 Å². The highest BCUT2D eigenvalue weighted by molar-refractivity contribution is 6.36. The van der Waals surface area contributed by atoms with Gasteiger partial charge in [0.1, 0.15) is 37.8 Å². The molecular weight excluding hydrogens is 574 g/mol. The summed E-state index contributed by atoms with van der Waals surface area (Å²) in [5.74, 6) is -2.12. The van der Waals surface area contributed by atoms with Crippen molar-refractivity contribution < 1.29 is 18.7 Å². The van der Waals surface area contributed by atoms with E-state index in [2.05, 4.69) is 32.0 Å². The number of rotatable bonds is 8. The molecule has 0 saturated heterocycles. The van der Waals surface area contributed by atoms with E-state index in [1.165, 1.54) is 47.4 Å². The fourth-order valence-electron chi connectivity index (χ4n) is 4.37. The van der Waals surface area contributed by atoms with Crippen molar-refractivity contribution in [3.63, 3.8) is 0 Å². The molecule has 0 aliphatic rings. The first-order valence-electron chi connectivity index (χ1n) is 12.0. The smallest absolute Gasteiger partial charge is 0.325 e. The van der Waals surface area contributed by atoms with Gasteiger partial charge in [0.2, 0.25) is 0 Å². The molecule has 204 valence electrons. The first kappa shape index (κ1) is 27.8. The zero-order valence-electron chi connectivity index (χ0n) is 21.2. The topological polar surface area (TPSA) is 129 Å². The second-order valence-corrected chi connectivity index (χ2v) is 10.0. The Morgan fingerprint density at radius 1 is 1.10 bits per heavy atom. The van der Waals surface area contributed by atoms with Crippen LogP contribution in [0.2, 0.25) is 10.0 Å². The van der Waals surface area contributed by atoms with Gasteiger partial charge in [0.15, 0.2) is 0 Å². The number of nitrogens with zero attached hydrogens (tertiary/aromatic N) is 5. The zero-order chi connectivity index (χ0) is 29.3. The lowest BCUT2D eigenvalue weighted by Gasteiger charge is -2.31. The lowest BCUT2D eigenvalue weighted by molar-refractivity contribution is -0.137. The molecule has 5 rings (SSSR count). The SMILES string of the molecule is BC(Nc1cc(Cl)c2ncc(C#N)c(Nc3ccc(F)c(Cl)c3)c2c1)(c1ccc(F)cc1)c1cn(CC(=O)O)nn1. The predicted molar refractivity (Wildman–Crippen MR) is 153 cm³/mol. The fourth-order valence-corrected chi connectivity index (χ4v) is 4.82. The monoisotopic (exact) mass is 591 g/mol. The molecule has 0 aliphatic carbocycles. The Hall–Kier alpha value is -4.73. The number of hydrogen-bond acceptors (Lipinski definition) is 7. The number of benzene rings is 3. The van der Waals surface area contributed by atoms with Gasteiger partial charge in [-0.05, 0) is 48.0 Å². The van der Waals surface area contributed by atoms with Gasteiger partial charge in [-0.2, -0.15) is 5.26 Å². The Morgan fingerprint density at radius 3 is 2.51 bits per heavy atom. The third-order valence-corrected chi connectivity index (χ3v) is 6.98. The van der Waals surface area contributed by atoms with E-state index in [4.69, 9.17) is 23.2 Å². The zero-order valence-corrected chi connectivity index (χ0v) is 22.7. The maximum absolute atomic E-state index is 13.8. The number of hydrogen-bond donors (Lipinski definition) is 3. The molecule has 3 N–H and O–H groups in total. The Kier molecular flexibility index (Phi) is 7.49. The molecule has 0 saturated carbocycles. The second-order valence-electron chi connectivity index (χ2n) is 9.22. The molecule has 0 radical (unpaired) electrons. The molecule has 0 fully saturated rings. The molecule has 0 aliphatic heterocycles. The minimum absolute atomic E-state index is 0.0988. The van der Waals surface area contributed by atoms with E-state index < -0.39 is 29.6 Å². The van der Waals surface area contributed by atoms with Gasteiger partial charge in [-0.3, -0.25) is 9.78 Å². The van der Waals surface area contributed by atoms with Gasteiger partial charge in [-0.1, -0.05) is 40.5 Å². The molecule has 14 heteroatoms. The van der Waals surface area contributed by atoms with Crippen LogP contribution in [-0.4, -0.2) is 38.9 Å². The van der Waals surface area contributed by atoms with Gasteiger partial charge < -0.3 is 15.7 Å². The van der Waals surface area contributed by atoms with Gasteiger partial charge in [0.05, 0.1) is 38.4 Å². The average Bonchev–Trinajstić information content (AvgIpc) is 3.40. The van der Waals surface area contributed by atoms with Crippen LogP contribution >= 0.6 is 23.2 Å². The summed E-state index contributed by atoms with van der Waals surface area (Å²) in [6.45, 7) is -0.403. The lowest BCUT2D eigenvalue weighted by atomic mass is 9.69. The molecule has 1 unspecified atom stereocenters. The van der Waals surface area contributed by atoms with E-state index in [0.717, 1.165) is 0 Å². The normalized spacial score (nSPS) is 12.5. The van der Waals surface area contributed by atoms with Crippen LogP contribution in [0.15, 0.2) is 67.0 Å². The van der Waals surface area contributed by atoms with Crippen LogP contribution in [-0.2, 0) is 16.8 Å². The molecule has 2 heterocycles. The van der Waals surface area contributed by atoms with Gasteiger partial charge in [-0.15, -0.1) is 5.10 Å². The fraction of sp³-hybridized carbons (Fsp3) is 0.0741. The van der Waals surface area contributed by atoms with Crippen molar-refractivity contribution in [3.8, 4) is 6.07 Å². The van der Waals surface area contributed by atoms with Crippen LogP contribution in [0.4, 0.5) is 25.8 Å².